The van der Waals surface area contributed by atoms with E-state index in [0.717, 1.165) is 17.1 Å². The molecule has 0 amide bonds. The number of ether oxygens (including phenoxy) is 1. The topological polar surface area (TPSA) is 35.2 Å². The Morgan fingerprint density at radius 2 is 1.70 bits per heavy atom. The molecule has 0 spiro atoms. The number of para-hydroxylation sites is 1. The van der Waals surface area contributed by atoms with Crippen molar-refractivity contribution in [2.75, 3.05) is 0 Å². The van der Waals surface area contributed by atoms with Crippen LogP contribution in [-0.2, 0) is 0 Å². The largest absolute Gasteiger partial charge is 0.457 e. The fourth-order valence-electron chi connectivity index (χ4n) is 2.12. The molecule has 1 atom stereocenters. The highest BCUT2D eigenvalue weighted by Crippen LogP contribution is 2.33. The van der Waals surface area contributed by atoms with Crippen molar-refractivity contribution in [3.8, 4) is 11.5 Å². The van der Waals surface area contributed by atoms with Crippen molar-refractivity contribution < 1.29 is 4.74 Å². The van der Waals surface area contributed by atoms with E-state index in [-0.39, 0.29) is 6.04 Å². The minimum absolute atomic E-state index is 0.0838. The van der Waals surface area contributed by atoms with Gasteiger partial charge in [-0.15, -0.1) is 0 Å². The first-order chi connectivity index (χ1) is 9.49. The van der Waals surface area contributed by atoms with E-state index in [4.69, 9.17) is 22.1 Å². The highest BCUT2D eigenvalue weighted by Gasteiger charge is 2.10. The third-order valence-electron chi connectivity index (χ3n) is 3.23. The van der Waals surface area contributed by atoms with E-state index >= 15 is 0 Å². The molecule has 0 aliphatic rings. The average Bonchev–Trinajstić information content (AvgIpc) is 2.38. The Hall–Kier alpha value is -1.51. The van der Waals surface area contributed by atoms with Crippen LogP contribution in [0.3, 0.4) is 0 Å². The second-order valence-electron chi connectivity index (χ2n) is 5.27. The molecule has 106 valence electrons. The van der Waals surface area contributed by atoms with Gasteiger partial charge in [0.2, 0.25) is 0 Å². The molecule has 2 nitrogen and oxygen atoms in total. The summed E-state index contributed by atoms with van der Waals surface area (Å²) in [5.74, 6) is 2.00. The molecule has 0 saturated heterocycles. The van der Waals surface area contributed by atoms with Crippen LogP contribution in [0, 0.1) is 0 Å². The third-order valence-corrected chi connectivity index (χ3v) is 3.56. The summed E-state index contributed by atoms with van der Waals surface area (Å²) in [4.78, 5) is 0. The van der Waals surface area contributed by atoms with Gasteiger partial charge in [-0.3, -0.25) is 0 Å². The first kappa shape index (κ1) is 14.9. The van der Waals surface area contributed by atoms with Crippen molar-refractivity contribution in [1.29, 1.82) is 0 Å². The molecule has 3 heteroatoms. The molecule has 0 aliphatic heterocycles. The van der Waals surface area contributed by atoms with E-state index in [1.807, 2.05) is 43.3 Å². The van der Waals surface area contributed by atoms with E-state index in [1.165, 1.54) is 5.56 Å². The van der Waals surface area contributed by atoms with E-state index in [1.54, 1.807) is 0 Å². The van der Waals surface area contributed by atoms with Gasteiger partial charge in [0.1, 0.15) is 11.5 Å². The number of hydrogen-bond acceptors (Lipinski definition) is 2. The summed E-state index contributed by atoms with van der Waals surface area (Å²) < 4.78 is 5.96. The smallest absolute Gasteiger partial charge is 0.130 e. The normalized spacial score (nSPS) is 12.5. The van der Waals surface area contributed by atoms with Crippen LogP contribution in [0.15, 0.2) is 42.5 Å². The lowest BCUT2D eigenvalue weighted by Gasteiger charge is -2.15. The highest BCUT2D eigenvalue weighted by atomic mass is 35.5. The maximum absolute atomic E-state index is 6.23. The molecule has 0 fully saturated rings. The van der Waals surface area contributed by atoms with Crippen LogP contribution in [0.25, 0.3) is 0 Å². The van der Waals surface area contributed by atoms with Gasteiger partial charge in [-0.2, -0.15) is 0 Å². The number of nitrogens with two attached hydrogens (primary N) is 1. The predicted molar refractivity (Wildman–Crippen MR) is 84.7 cm³/mol. The highest BCUT2D eigenvalue weighted by molar-refractivity contribution is 6.31. The summed E-state index contributed by atoms with van der Waals surface area (Å²) >= 11 is 6.23. The summed E-state index contributed by atoms with van der Waals surface area (Å²) in [6.45, 7) is 6.21. The number of hydrogen-bond donors (Lipinski definition) is 1. The van der Waals surface area contributed by atoms with Crippen LogP contribution in [-0.4, -0.2) is 0 Å². The first-order valence-corrected chi connectivity index (χ1v) is 7.18. The van der Waals surface area contributed by atoms with Crippen LogP contribution >= 0.6 is 11.6 Å². The molecule has 0 saturated carbocycles. The fourth-order valence-corrected chi connectivity index (χ4v) is 2.46. The lowest BCUT2D eigenvalue weighted by molar-refractivity contribution is 0.473. The van der Waals surface area contributed by atoms with Crippen molar-refractivity contribution in [2.45, 2.75) is 32.7 Å². The van der Waals surface area contributed by atoms with Gasteiger partial charge in [-0.25, -0.2) is 0 Å². The van der Waals surface area contributed by atoms with Gasteiger partial charge in [-0.05, 0) is 42.2 Å². The molecule has 0 aromatic heterocycles. The second-order valence-corrected chi connectivity index (χ2v) is 5.67. The minimum atomic E-state index is -0.0838. The van der Waals surface area contributed by atoms with Crippen LogP contribution in [0.2, 0.25) is 5.02 Å². The molecule has 0 heterocycles. The Labute approximate surface area is 125 Å². The van der Waals surface area contributed by atoms with Gasteiger partial charge >= 0.3 is 0 Å². The number of benzene rings is 2. The van der Waals surface area contributed by atoms with Gasteiger partial charge in [0.15, 0.2) is 0 Å². The van der Waals surface area contributed by atoms with Gasteiger partial charge in [-0.1, -0.05) is 49.7 Å². The molecule has 20 heavy (non-hydrogen) atoms. The Bertz CT molecular complexity index is 593. The standard InChI is InChI=1S/C17H20ClNO/c1-11(2)14-6-4-5-7-17(14)20-13-8-9-15(12(3)19)16(18)10-13/h4-12H,19H2,1-3H3. The molecule has 2 N–H and O–H groups in total. The summed E-state index contributed by atoms with van der Waals surface area (Å²) in [6, 6.07) is 13.6. The van der Waals surface area contributed by atoms with Gasteiger partial charge in [0.05, 0.1) is 0 Å². The fraction of sp³-hybridized carbons (Fsp3) is 0.294. The summed E-state index contributed by atoms with van der Waals surface area (Å²) in [7, 11) is 0. The van der Waals surface area contributed by atoms with E-state index in [0.29, 0.717) is 10.9 Å². The summed E-state index contributed by atoms with van der Waals surface area (Å²) in [6.07, 6.45) is 0. The summed E-state index contributed by atoms with van der Waals surface area (Å²) in [5.41, 5.74) is 7.96. The Morgan fingerprint density at radius 1 is 1.00 bits per heavy atom. The van der Waals surface area contributed by atoms with Crippen molar-refractivity contribution in [3.63, 3.8) is 0 Å². The molecule has 2 aromatic rings. The van der Waals surface area contributed by atoms with Crippen LogP contribution in [0.4, 0.5) is 0 Å². The van der Waals surface area contributed by atoms with Crippen molar-refractivity contribution >= 4 is 11.6 Å². The molecule has 0 bridgehead atoms. The minimum Gasteiger partial charge on any atom is -0.457 e. The summed E-state index contributed by atoms with van der Waals surface area (Å²) in [5, 5.41) is 0.638. The Kier molecular flexibility index (Phi) is 4.69. The second kappa shape index (κ2) is 6.29. The zero-order valence-corrected chi connectivity index (χ0v) is 12.8. The van der Waals surface area contributed by atoms with E-state index in [2.05, 4.69) is 19.9 Å². The Morgan fingerprint density at radius 3 is 2.30 bits per heavy atom. The van der Waals surface area contributed by atoms with Gasteiger partial charge < -0.3 is 10.5 Å². The van der Waals surface area contributed by atoms with Gasteiger partial charge in [0, 0.05) is 11.1 Å². The zero-order valence-electron chi connectivity index (χ0n) is 12.1. The zero-order chi connectivity index (χ0) is 14.7. The molecular weight excluding hydrogens is 270 g/mol. The lowest BCUT2D eigenvalue weighted by atomic mass is 10.0. The molecule has 0 radical (unpaired) electrons. The molecule has 2 rings (SSSR count). The maximum Gasteiger partial charge on any atom is 0.130 e. The quantitative estimate of drug-likeness (QED) is 0.831. The molecule has 1 unspecified atom stereocenters. The average molecular weight is 290 g/mol. The molecule has 2 aromatic carbocycles. The lowest BCUT2D eigenvalue weighted by Crippen LogP contribution is -2.05. The monoisotopic (exact) mass is 289 g/mol. The third kappa shape index (κ3) is 3.33. The van der Waals surface area contributed by atoms with E-state index in [9.17, 15) is 0 Å². The van der Waals surface area contributed by atoms with Crippen molar-refractivity contribution in [2.24, 2.45) is 5.73 Å². The van der Waals surface area contributed by atoms with Crippen LogP contribution in [0.1, 0.15) is 43.9 Å². The van der Waals surface area contributed by atoms with Crippen molar-refractivity contribution in [3.05, 3.63) is 58.6 Å². The maximum atomic E-state index is 6.23. The van der Waals surface area contributed by atoms with Crippen molar-refractivity contribution in [1.82, 2.24) is 0 Å². The SMILES string of the molecule is CC(C)c1ccccc1Oc1ccc(C(C)N)c(Cl)c1. The molecular formula is C17H20ClNO. The molecule has 0 aliphatic carbocycles. The number of rotatable bonds is 4. The number of halogens is 1. The Balaban J connectivity index is 2.29. The first-order valence-electron chi connectivity index (χ1n) is 6.81. The predicted octanol–water partition coefficient (Wildman–Crippen LogP) is 5.28. The van der Waals surface area contributed by atoms with Crippen LogP contribution in [0.5, 0.6) is 11.5 Å². The van der Waals surface area contributed by atoms with Gasteiger partial charge in [0.25, 0.3) is 0 Å². The van der Waals surface area contributed by atoms with Crippen LogP contribution < -0.4 is 10.5 Å². The van der Waals surface area contributed by atoms with E-state index < -0.39 is 0 Å².